The van der Waals surface area contributed by atoms with Crippen LogP contribution in [-0.2, 0) is 20.8 Å². The lowest BCUT2D eigenvalue weighted by Gasteiger charge is -2.36. The molecule has 38 heavy (non-hydrogen) atoms. The second kappa shape index (κ2) is 9.42. The van der Waals surface area contributed by atoms with E-state index in [9.17, 15) is 35.6 Å². The van der Waals surface area contributed by atoms with Gasteiger partial charge >= 0.3 is 6.18 Å². The third kappa shape index (κ3) is 4.77. The third-order valence-electron chi connectivity index (χ3n) is 7.54. The van der Waals surface area contributed by atoms with Gasteiger partial charge in [-0.1, -0.05) is 30.4 Å². The van der Waals surface area contributed by atoms with Crippen molar-refractivity contribution in [1.82, 2.24) is 10.2 Å². The Morgan fingerprint density at radius 1 is 1.11 bits per heavy atom. The van der Waals surface area contributed by atoms with Gasteiger partial charge in [0.05, 0.1) is 22.4 Å². The molecule has 2 aromatic carbocycles. The second-order valence-corrected chi connectivity index (χ2v) is 12.0. The molecule has 6 nitrogen and oxygen atoms in total. The Balaban J connectivity index is 1.42. The van der Waals surface area contributed by atoms with E-state index in [-0.39, 0.29) is 34.3 Å². The number of amides is 2. The predicted molar refractivity (Wildman–Crippen MR) is 129 cm³/mol. The topological polar surface area (TPSA) is 83.6 Å². The first-order valence-corrected chi connectivity index (χ1v) is 14.0. The van der Waals surface area contributed by atoms with Crippen LogP contribution in [-0.4, -0.2) is 43.5 Å². The number of halogens is 4. The number of hydrogen-bond acceptors (Lipinski definition) is 4. The number of hydrogen-bond donors (Lipinski definition) is 1. The first-order valence-electron chi connectivity index (χ1n) is 12.2. The molecule has 2 fully saturated rings. The number of fused-ring (bicyclic) bond motifs is 1. The minimum Gasteiger partial charge on any atom is -0.347 e. The van der Waals surface area contributed by atoms with Gasteiger partial charge in [-0.25, -0.2) is 12.8 Å². The van der Waals surface area contributed by atoms with E-state index < -0.39 is 57.3 Å². The van der Waals surface area contributed by atoms with Gasteiger partial charge in [0.2, 0.25) is 5.91 Å². The molecule has 1 saturated heterocycles. The highest BCUT2D eigenvalue weighted by atomic mass is 32.2. The predicted octanol–water partition coefficient (Wildman–Crippen LogP) is 4.12. The van der Waals surface area contributed by atoms with Crippen molar-refractivity contribution < 1.29 is 35.6 Å². The molecule has 2 aliphatic carbocycles. The highest BCUT2D eigenvalue weighted by molar-refractivity contribution is 7.90. The maximum absolute atomic E-state index is 14.9. The Bertz CT molecular complexity index is 1470. The number of nitrogens with zero attached hydrogens (tertiary/aromatic N) is 1. The van der Waals surface area contributed by atoms with Gasteiger partial charge in [-0.2, -0.15) is 13.2 Å². The van der Waals surface area contributed by atoms with Gasteiger partial charge in [-0.15, -0.1) is 0 Å². The third-order valence-corrected chi connectivity index (χ3v) is 8.65. The number of nitrogens with one attached hydrogen (secondary N) is 1. The molecule has 1 heterocycles. The monoisotopic (exact) mass is 548 g/mol. The molecule has 3 aliphatic rings. The summed E-state index contributed by atoms with van der Waals surface area (Å²) >= 11 is 0. The van der Waals surface area contributed by atoms with E-state index in [1.807, 2.05) is 0 Å². The Morgan fingerprint density at radius 2 is 1.84 bits per heavy atom. The molecule has 1 N–H and O–H groups in total. The molecule has 2 aromatic rings. The molecule has 0 radical (unpaired) electrons. The summed E-state index contributed by atoms with van der Waals surface area (Å²) in [7, 11) is -3.58. The highest BCUT2D eigenvalue weighted by Crippen LogP contribution is 2.41. The van der Waals surface area contributed by atoms with Gasteiger partial charge < -0.3 is 10.2 Å². The maximum atomic E-state index is 14.9. The lowest BCUT2D eigenvalue weighted by molar-refractivity contribution is -0.137. The van der Waals surface area contributed by atoms with Crippen molar-refractivity contribution in [2.75, 3.05) is 6.26 Å². The maximum Gasteiger partial charge on any atom is 0.416 e. The number of carbonyl (C=O) groups is 2. The average molecular weight is 549 g/mol. The van der Waals surface area contributed by atoms with Crippen molar-refractivity contribution in [2.24, 2.45) is 11.8 Å². The van der Waals surface area contributed by atoms with E-state index in [4.69, 9.17) is 0 Å². The molecular weight excluding hydrogens is 524 g/mol. The van der Waals surface area contributed by atoms with Gasteiger partial charge in [0.15, 0.2) is 9.84 Å². The van der Waals surface area contributed by atoms with Crippen LogP contribution in [0.15, 0.2) is 47.4 Å². The fourth-order valence-electron chi connectivity index (χ4n) is 5.21. The smallest absolute Gasteiger partial charge is 0.347 e. The lowest BCUT2D eigenvalue weighted by Crippen LogP contribution is -2.51. The summed E-state index contributed by atoms with van der Waals surface area (Å²) in [5.74, 6) is 3.25. The summed E-state index contributed by atoms with van der Waals surface area (Å²) in [5.41, 5.74) is -1.06. The number of likely N-dealkylation sites (tertiary alicyclic amines) is 1. The Kier molecular flexibility index (Phi) is 6.50. The molecule has 11 heteroatoms. The zero-order valence-corrected chi connectivity index (χ0v) is 21.1. The molecule has 2 amide bonds. The van der Waals surface area contributed by atoms with E-state index in [2.05, 4.69) is 17.2 Å². The number of rotatable bonds is 6. The molecule has 200 valence electrons. The summed E-state index contributed by atoms with van der Waals surface area (Å²) in [4.78, 5) is 28.3. The number of carbonyl (C=O) groups excluding carboxylic acids is 2. The normalized spacial score (nSPS) is 23.4. The van der Waals surface area contributed by atoms with Gasteiger partial charge in [0.1, 0.15) is 17.9 Å². The summed E-state index contributed by atoms with van der Waals surface area (Å²) in [6.07, 6.45) is -1.24. The minimum absolute atomic E-state index is 0.0352. The SMILES string of the molecule is CS(=O)(=O)c1cccc(C(=O)N2[C@@H](C(=O)N[C@@H](c3ccc(C(F)(F)F)cc3F)C3CCC3)C[C@H]3C#C[C@H]32)c1. The molecule has 5 rings (SSSR count). The largest absolute Gasteiger partial charge is 0.416 e. The first kappa shape index (κ1) is 26.2. The Morgan fingerprint density at radius 3 is 2.39 bits per heavy atom. The van der Waals surface area contributed by atoms with E-state index in [0.29, 0.717) is 18.9 Å². The van der Waals surface area contributed by atoms with Crippen molar-refractivity contribution in [3.8, 4) is 11.8 Å². The standard InChI is InChI=1S/C27H24F4N2O4S/c1-38(36,37)19-7-3-6-17(12-19)26(35)33-22-11-8-16(22)13-23(33)25(34)32-24(15-4-2-5-15)20-10-9-18(14-21(20)28)27(29,30)31/h3,6-7,9-10,12,14-16,22-24H,2,4-5,13H2,1H3,(H,32,34)/t16-,22-,23-,24-/m1/s1. The fourth-order valence-corrected chi connectivity index (χ4v) is 5.88. The molecule has 0 aromatic heterocycles. The van der Waals surface area contributed by atoms with Crippen LogP contribution in [0.5, 0.6) is 0 Å². The van der Waals surface area contributed by atoms with Crippen LogP contribution in [0.4, 0.5) is 17.6 Å². The van der Waals surface area contributed by atoms with Gasteiger partial charge in [0, 0.05) is 17.4 Å². The van der Waals surface area contributed by atoms with Crippen molar-refractivity contribution in [3.63, 3.8) is 0 Å². The number of alkyl halides is 3. The van der Waals surface area contributed by atoms with E-state index >= 15 is 0 Å². The zero-order chi connectivity index (χ0) is 27.4. The summed E-state index contributed by atoms with van der Waals surface area (Å²) in [6, 6.07) is 5.46. The molecule has 4 atom stereocenters. The van der Waals surface area contributed by atoms with Crippen molar-refractivity contribution in [3.05, 3.63) is 65.0 Å². The van der Waals surface area contributed by atoms with Crippen molar-refractivity contribution in [2.45, 2.75) is 54.9 Å². The van der Waals surface area contributed by atoms with E-state index in [1.165, 1.54) is 29.2 Å². The lowest BCUT2D eigenvalue weighted by atomic mass is 9.76. The molecule has 1 aliphatic heterocycles. The molecule has 0 unspecified atom stereocenters. The molecule has 1 saturated carbocycles. The summed E-state index contributed by atoms with van der Waals surface area (Å²) in [5, 5.41) is 2.81. The van der Waals surface area contributed by atoms with Crippen LogP contribution in [0.1, 0.15) is 53.2 Å². The first-order chi connectivity index (χ1) is 17.8. The van der Waals surface area contributed by atoms with Crippen LogP contribution in [0, 0.1) is 29.5 Å². The summed E-state index contributed by atoms with van der Waals surface area (Å²) in [6.45, 7) is 0. The van der Waals surface area contributed by atoms with Crippen LogP contribution in [0.25, 0.3) is 0 Å². The molecule has 0 bridgehead atoms. The van der Waals surface area contributed by atoms with E-state index in [0.717, 1.165) is 24.8 Å². The number of benzene rings is 2. The van der Waals surface area contributed by atoms with Gasteiger partial charge in [0.25, 0.3) is 5.91 Å². The second-order valence-electron chi connectivity index (χ2n) is 10.0. The molecular formula is C27H24F4N2O4S. The number of sulfone groups is 1. The fraction of sp³-hybridized carbons (Fsp3) is 0.407. The van der Waals surface area contributed by atoms with Crippen LogP contribution in [0.2, 0.25) is 0 Å². The Hall–Kier alpha value is -3.39. The van der Waals surface area contributed by atoms with Crippen LogP contribution >= 0.6 is 0 Å². The van der Waals surface area contributed by atoms with Crippen LogP contribution < -0.4 is 5.32 Å². The van der Waals surface area contributed by atoms with Crippen molar-refractivity contribution >= 4 is 21.7 Å². The van der Waals surface area contributed by atoms with Gasteiger partial charge in [-0.05, 0) is 55.5 Å². The zero-order valence-electron chi connectivity index (χ0n) is 20.3. The van der Waals surface area contributed by atoms with Gasteiger partial charge in [-0.3, -0.25) is 9.59 Å². The quantitative estimate of drug-likeness (QED) is 0.435. The molecule has 0 spiro atoms. The van der Waals surface area contributed by atoms with Crippen LogP contribution in [0.3, 0.4) is 0 Å². The van der Waals surface area contributed by atoms with Crippen molar-refractivity contribution in [1.29, 1.82) is 0 Å². The summed E-state index contributed by atoms with van der Waals surface area (Å²) < 4.78 is 78.0. The Labute approximate surface area is 217 Å². The average Bonchev–Trinajstić information content (AvgIpc) is 3.05. The minimum atomic E-state index is -4.70. The van der Waals surface area contributed by atoms with E-state index in [1.54, 1.807) is 0 Å². The highest BCUT2D eigenvalue weighted by Gasteiger charge is 2.49.